The van der Waals surface area contributed by atoms with E-state index in [9.17, 15) is 0 Å². The molecule has 0 spiro atoms. The molecule has 0 saturated heterocycles. The van der Waals surface area contributed by atoms with E-state index in [4.69, 9.17) is 4.74 Å². The third-order valence-corrected chi connectivity index (χ3v) is 0.898. The smallest absolute Gasteiger partial charge is 0.116 e. The van der Waals surface area contributed by atoms with Crippen LogP contribution in [-0.2, 0) is 4.74 Å². The number of hydrogen-bond acceptors (Lipinski definition) is 2. The van der Waals surface area contributed by atoms with Crippen molar-refractivity contribution < 1.29 is 4.74 Å². The number of methoxy groups -OCH3 is 1. The highest BCUT2D eigenvalue weighted by atomic mass is 16.5. The quantitative estimate of drug-likeness (QED) is 0.425. The molecule has 0 rings (SSSR count). The molecule has 0 aromatic heterocycles. The minimum atomic E-state index is 0.866. The molecule has 0 bridgehead atoms. The molecular weight excluding hydrogens is 210 g/mol. The van der Waals surface area contributed by atoms with Gasteiger partial charge in [0.2, 0.25) is 0 Å². The van der Waals surface area contributed by atoms with Crippen LogP contribution in [-0.4, -0.2) is 14.2 Å². The molecule has 106 valence electrons. The zero-order valence-corrected chi connectivity index (χ0v) is 13.4. The van der Waals surface area contributed by atoms with Crippen molar-refractivity contribution in [3.63, 3.8) is 0 Å². The molecule has 0 aliphatic heterocycles. The predicted molar refractivity (Wildman–Crippen MR) is 84.3 cm³/mol. The van der Waals surface area contributed by atoms with Crippen LogP contribution in [0.5, 0.6) is 0 Å². The van der Waals surface area contributed by atoms with E-state index >= 15 is 0 Å². The molecule has 0 amide bonds. The van der Waals surface area contributed by atoms with E-state index in [0.717, 1.165) is 11.3 Å². The van der Waals surface area contributed by atoms with Gasteiger partial charge in [0.25, 0.3) is 0 Å². The third kappa shape index (κ3) is 51.8. The zero-order chi connectivity index (χ0) is 15.3. The molecule has 0 aliphatic rings. The fourth-order valence-electron chi connectivity index (χ4n) is 0.492. The van der Waals surface area contributed by atoms with Gasteiger partial charge in [-0.05, 0) is 32.5 Å². The topological polar surface area (TPSA) is 35.2 Å². The Morgan fingerprint density at radius 1 is 1.12 bits per heavy atom. The maximum absolute atomic E-state index is 4.92. The van der Waals surface area contributed by atoms with Gasteiger partial charge in [0.1, 0.15) is 5.76 Å². The largest absolute Gasteiger partial charge is 0.497 e. The number of rotatable bonds is 2. The lowest BCUT2D eigenvalue weighted by atomic mass is 10.3. The first-order chi connectivity index (χ1) is 8.13. The molecule has 0 aromatic rings. The summed E-state index contributed by atoms with van der Waals surface area (Å²) in [5.74, 6) is 0.866. The van der Waals surface area contributed by atoms with Crippen LogP contribution >= 0.6 is 0 Å². The van der Waals surface area contributed by atoms with Crippen molar-refractivity contribution in [2.45, 2.75) is 48.0 Å². The SMILES string of the molecule is C=C.C=CC(OC)=C(C)C.CC.CCC.CN. The summed E-state index contributed by atoms with van der Waals surface area (Å²) in [7, 11) is 3.14. The summed E-state index contributed by atoms with van der Waals surface area (Å²) in [5.41, 5.74) is 5.66. The van der Waals surface area contributed by atoms with Crippen molar-refractivity contribution in [2.75, 3.05) is 14.2 Å². The van der Waals surface area contributed by atoms with Gasteiger partial charge in [-0.1, -0.05) is 40.7 Å². The van der Waals surface area contributed by atoms with Gasteiger partial charge >= 0.3 is 0 Å². The third-order valence-electron chi connectivity index (χ3n) is 0.898. The first kappa shape index (κ1) is 29.7. The average molecular weight is 245 g/mol. The summed E-state index contributed by atoms with van der Waals surface area (Å²) in [6, 6.07) is 0. The lowest BCUT2D eigenvalue weighted by Crippen LogP contribution is -1.82. The molecule has 0 radical (unpaired) electrons. The van der Waals surface area contributed by atoms with Crippen molar-refractivity contribution in [1.82, 2.24) is 0 Å². The minimum Gasteiger partial charge on any atom is -0.497 e. The highest BCUT2D eigenvalue weighted by Crippen LogP contribution is 2.02. The van der Waals surface area contributed by atoms with Crippen LogP contribution in [0.25, 0.3) is 0 Å². The highest BCUT2D eigenvalue weighted by molar-refractivity contribution is 5.14. The Hall–Kier alpha value is -1.02. The van der Waals surface area contributed by atoms with Crippen LogP contribution < -0.4 is 5.73 Å². The first-order valence-corrected chi connectivity index (χ1v) is 6.05. The van der Waals surface area contributed by atoms with Gasteiger partial charge in [-0.15, -0.1) is 13.2 Å². The maximum atomic E-state index is 4.92. The van der Waals surface area contributed by atoms with E-state index in [1.54, 1.807) is 13.2 Å². The van der Waals surface area contributed by atoms with Gasteiger partial charge in [0, 0.05) is 0 Å². The van der Waals surface area contributed by atoms with Gasteiger partial charge in [-0.2, -0.15) is 0 Å². The summed E-state index contributed by atoms with van der Waals surface area (Å²) >= 11 is 0. The van der Waals surface area contributed by atoms with E-state index in [-0.39, 0.29) is 0 Å². The average Bonchev–Trinajstić information content (AvgIpc) is 2.38. The van der Waals surface area contributed by atoms with Crippen LogP contribution in [0, 0.1) is 0 Å². The zero-order valence-electron chi connectivity index (χ0n) is 13.4. The standard InChI is InChI=1S/C7H12O.C3H8.C2H6.C2H4.CH5N/c1-5-7(8-4)6(2)3;1-3-2;3*1-2/h5H,1H2,2-4H3;3H2,1-2H3;1-2H3;1-2H2;2H2,1H3. The number of ether oxygens (including phenoxy) is 1. The lowest BCUT2D eigenvalue weighted by Gasteiger charge is -1.99. The molecule has 0 saturated carbocycles. The summed E-state index contributed by atoms with van der Waals surface area (Å²) in [4.78, 5) is 0. The van der Waals surface area contributed by atoms with E-state index in [2.05, 4.69) is 39.3 Å². The van der Waals surface area contributed by atoms with Crippen molar-refractivity contribution >= 4 is 0 Å². The monoisotopic (exact) mass is 245 g/mol. The van der Waals surface area contributed by atoms with Crippen LogP contribution in [0.3, 0.4) is 0 Å². The van der Waals surface area contributed by atoms with Gasteiger partial charge in [-0.3, -0.25) is 0 Å². The fraction of sp³-hybridized carbons (Fsp3) is 0.600. The summed E-state index contributed by atoms with van der Waals surface area (Å²) in [6.07, 6.45) is 2.95. The molecule has 0 aliphatic carbocycles. The van der Waals surface area contributed by atoms with Crippen LogP contribution in [0.15, 0.2) is 37.1 Å². The van der Waals surface area contributed by atoms with Crippen LogP contribution in [0.1, 0.15) is 48.0 Å². The van der Waals surface area contributed by atoms with E-state index in [1.807, 2.05) is 27.7 Å². The van der Waals surface area contributed by atoms with Crippen molar-refractivity contribution in [2.24, 2.45) is 5.73 Å². The second kappa shape index (κ2) is 46.0. The first-order valence-electron chi connectivity index (χ1n) is 6.05. The van der Waals surface area contributed by atoms with Gasteiger partial charge < -0.3 is 10.5 Å². The molecule has 17 heavy (non-hydrogen) atoms. The molecule has 0 atom stereocenters. The Morgan fingerprint density at radius 2 is 1.35 bits per heavy atom. The van der Waals surface area contributed by atoms with Crippen LogP contribution in [0.4, 0.5) is 0 Å². The molecule has 0 fully saturated rings. The van der Waals surface area contributed by atoms with Gasteiger partial charge in [-0.25, -0.2) is 0 Å². The fourth-order valence-corrected chi connectivity index (χ4v) is 0.492. The second-order valence-electron chi connectivity index (χ2n) is 2.48. The van der Waals surface area contributed by atoms with Crippen molar-refractivity contribution in [3.05, 3.63) is 37.1 Å². The summed E-state index contributed by atoms with van der Waals surface area (Å²) in [5, 5.41) is 0. The maximum Gasteiger partial charge on any atom is 0.116 e. The molecule has 0 aromatic carbocycles. The van der Waals surface area contributed by atoms with E-state index in [1.165, 1.54) is 13.5 Å². The van der Waals surface area contributed by atoms with Crippen molar-refractivity contribution in [3.8, 4) is 0 Å². The van der Waals surface area contributed by atoms with Gasteiger partial charge in [0.15, 0.2) is 0 Å². The Bertz CT molecular complexity index is 136. The number of hydrogen-bond donors (Lipinski definition) is 1. The molecule has 2 nitrogen and oxygen atoms in total. The number of nitrogens with two attached hydrogens (primary N) is 1. The van der Waals surface area contributed by atoms with Gasteiger partial charge in [0.05, 0.1) is 7.11 Å². The second-order valence-corrected chi connectivity index (χ2v) is 2.48. The summed E-state index contributed by atoms with van der Waals surface area (Å²) < 4.78 is 4.92. The Kier molecular flexibility index (Phi) is 80.4. The minimum absolute atomic E-state index is 0.866. The Labute approximate surface area is 110 Å². The molecule has 0 heterocycles. The Balaban J connectivity index is -0.0000000448. The predicted octanol–water partition coefficient (Wildman–Crippen LogP) is 4.93. The van der Waals surface area contributed by atoms with E-state index in [0.29, 0.717) is 0 Å². The molecule has 0 unspecified atom stereocenters. The van der Waals surface area contributed by atoms with Crippen molar-refractivity contribution in [1.29, 1.82) is 0 Å². The molecule has 2 N–H and O–H groups in total. The van der Waals surface area contributed by atoms with Crippen LogP contribution in [0.2, 0.25) is 0 Å². The Morgan fingerprint density at radius 3 is 1.35 bits per heavy atom. The summed E-state index contributed by atoms with van der Waals surface area (Å²) in [6.45, 7) is 21.8. The lowest BCUT2D eigenvalue weighted by molar-refractivity contribution is 0.302. The number of allylic oxidation sites excluding steroid dienone is 2. The highest BCUT2D eigenvalue weighted by Gasteiger charge is 1.87. The molecule has 2 heteroatoms. The molecular formula is C15H35NO. The normalized spacial score (nSPS) is 5.71. The van der Waals surface area contributed by atoms with E-state index < -0.39 is 0 Å².